The molecule has 2 aromatic rings. The first-order chi connectivity index (χ1) is 7.75. The quantitative estimate of drug-likeness (QED) is 0.784. The molecule has 1 aromatic carbocycles. The molecular formula is C13H11FN2. The smallest absolute Gasteiger partial charge is 0.159 e. The SMILES string of the molecule is C=C(F)Cc1cccc(-c2ncccn2)c1. The fourth-order valence-corrected chi connectivity index (χ4v) is 1.49. The Morgan fingerprint density at radius 2 is 1.94 bits per heavy atom. The van der Waals surface area contributed by atoms with E-state index in [0.717, 1.165) is 11.1 Å². The Morgan fingerprint density at radius 3 is 2.62 bits per heavy atom. The molecule has 0 aliphatic carbocycles. The van der Waals surface area contributed by atoms with Crippen LogP contribution in [0.25, 0.3) is 11.4 Å². The average Bonchev–Trinajstić information content (AvgIpc) is 2.30. The molecule has 0 radical (unpaired) electrons. The lowest BCUT2D eigenvalue weighted by Crippen LogP contribution is -1.89. The summed E-state index contributed by atoms with van der Waals surface area (Å²) in [7, 11) is 0. The number of hydrogen-bond donors (Lipinski definition) is 0. The standard InChI is InChI=1S/C13H11FN2/c1-10(14)8-11-4-2-5-12(9-11)13-15-6-3-7-16-13/h2-7,9H,1,8H2. The second-order valence-corrected chi connectivity index (χ2v) is 3.47. The van der Waals surface area contributed by atoms with Crippen LogP contribution in [0.2, 0.25) is 0 Å². The summed E-state index contributed by atoms with van der Waals surface area (Å²) in [5, 5.41) is 0. The number of halogens is 1. The van der Waals surface area contributed by atoms with Gasteiger partial charge in [-0.15, -0.1) is 0 Å². The Kier molecular flexibility index (Phi) is 3.05. The number of hydrogen-bond acceptors (Lipinski definition) is 2. The Labute approximate surface area is 93.5 Å². The van der Waals surface area contributed by atoms with E-state index < -0.39 is 0 Å². The van der Waals surface area contributed by atoms with E-state index in [2.05, 4.69) is 16.5 Å². The van der Waals surface area contributed by atoms with Gasteiger partial charge in [0, 0.05) is 24.4 Å². The van der Waals surface area contributed by atoms with Crippen molar-refractivity contribution in [2.45, 2.75) is 6.42 Å². The van der Waals surface area contributed by atoms with E-state index >= 15 is 0 Å². The third-order valence-corrected chi connectivity index (χ3v) is 2.15. The zero-order chi connectivity index (χ0) is 11.4. The fourth-order valence-electron chi connectivity index (χ4n) is 1.49. The highest BCUT2D eigenvalue weighted by atomic mass is 19.1. The van der Waals surface area contributed by atoms with Crippen molar-refractivity contribution in [3.8, 4) is 11.4 Å². The van der Waals surface area contributed by atoms with Gasteiger partial charge in [0.2, 0.25) is 0 Å². The van der Waals surface area contributed by atoms with Gasteiger partial charge in [-0.1, -0.05) is 24.8 Å². The van der Waals surface area contributed by atoms with Gasteiger partial charge in [0.15, 0.2) is 5.82 Å². The molecule has 0 spiro atoms. The maximum Gasteiger partial charge on any atom is 0.159 e. The lowest BCUT2D eigenvalue weighted by atomic mass is 10.1. The normalized spacial score (nSPS) is 10.1. The van der Waals surface area contributed by atoms with Crippen molar-refractivity contribution in [2.75, 3.05) is 0 Å². The molecule has 2 rings (SSSR count). The largest absolute Gasteiger partial charge is 0.237 e. The highest BCUT2D eigenvalue weighted by Gasteiger charge is 2.02. The van der Waals surface area contributed by atoms with E-state index in [-0.39, 0.29) is 12.2 Å². The molecule has 0 fully saturated rings. The van der Waals surface area contributed by atoms with Crippen molar-refractivity contribution in [3.63, 3.8) is 0 Å². The number of aromatic nitrogens is 2. The van der Waals surface area contributed by atoms with Crippen molar-refractivity contribution in [2.24, 2.45) is 0 Å². The summed E-state index contributed by atoms with van der Waals surface area (Å²) in [4.78, 5) is 8.28. The van der Waals surface area contributed by atoms with Crippen LogP contribution in [-0.4, -0.2) is 9.97 Å². The van der Waals surface area contributed by atoms with Crippen LogP contribution in [0, 0.1) is 0 Å². The van der Waals surface area contributed by atoms with Gasteiger partial charge in [0.1, 0.15) is 0 Å². The second-order valence-electron chi connectivity index (χ2n) is 3.47. The first-order valence-corrected chi connectivity index (χ1v) is 4.95. The predicted molar refractivity (Wildman–Crippen MR) is 61.4 cm³/mol. The van der Waals surface area contributed by atoms with Crippen LogP contribution in [0.15, 0.2) is 55.1 Å². The molecule has 0 unspecified atom stereocenters. The summed E-state index contributed by atoms with van der Waals surface area (Å²) in [6.07, 6.45) is 3.60. The molecule has 2 nitrogen and oxygen atoms in total. The van der Waals surface area contributed by atoms with Gasteiger partial charge in [-0.2, -0.15) is 0 Å². The molecule has 0 aliphatic rings. The Balaban J connectivity index is 2.33. The lowest BCUT2D eigenvalue weighted by molar-refractivity contribution is 0.617. The van der Waals surface area contributed by atoms with Gasteiger partial charge in [-0.05, 0) is 17.7 Å². The Bertz CT molecular complexity index is 494. The minimum Gasteiger partial charge on any atom is -0.237 e. The van der Waals surface area contributed by atoms with Crippen molar-refractivity contribution < 1.29 is 4.39 Å². The number of benzene rings is 1. The number of nitrogens with zero attached hydrogens (tertiary/aromatic N) is 2. The van der Waals surface area contributed by atoms with E-state index in [1.807, 2.05) is 24.3 Å². The first-order valence-electron chi connectivity index (χ1n) is 4.95. The second kappa shape index (κ2) is 4.66. The fraction of sp³-hybridized carbons (Fsp3) is 0.0769. The molecule has 0 N–H and O–H groups in total. The van der Waals surface area contributed by atoms with Crippen molar-refractivity contribution in [3.05, 3.63) is 60.7 Å². The third kappa shape index (κ3) is 2.51. The van der Waals surface area contributed by atoms with Crippen LogP contribution in [0.5, 0.6) is 0 Å². The average molecular weight is 214 g/mol. The molecule has 0 atom stereocenters. The summed E-state index contributed by atoms with van der Waals surface area (Å²) in [6, 6.07) is 9.26. The minimum absolute atomic E-state index is 0.237. The number of rotatable bonds is 3. The first kappa shape index (κ1) is 10.5. The van der Waals surface area contributed by atoms with E-state index in [0.29, 0.717) is 5.82 Å². The van der Waals surface area contributed by atoms with Gasteiger partial charge < -0.3 is 0 Å². The molecule has 1 aromatic heterocycles. The van der Waals surface area contributed by atoms with Crippen molar-refractivity contribution in [1.29, 1.82) is 0 Å². The zero-order valence-electron chi connectivity index (χ0n) is 8.73. The Hall–Kier alpha value is -2.03. The molecule has 16 heavy (non-hydrogen) atoms. The van der Waals surface area contributed by atoms with Crippen molar-refractivity contribution in [1.82, 2.24) is 9.97 Å². The molecule has 0 bridgehead atoms. The lowest BCUT2D eigenvalue weighted by Gasteiger charge is -2.02. The molecule has 0 aliphatic heterocycles. The van der Waals surface area contributed by atoms with E-state index in [9.17, 15) is 4.39 Å². The monoisotopic (exact) mass is 214 g/mol. The highest BCUT2D eigenvalue weighted by Crippen LogP contribution is 2.17. The van der Waals surface area contributed by atoms with Crippen LogP contribution in [0.4, 0.5) is 4.39 Å². The number of allylic oxidation sites excluding steroid dienone is 1. The van der Waals surface area contributed by atoms with Gasteiger partial charge in [0.25, 0.3) is 0 Å². The van der Waals surface area contributed by atoms with Crippen LogP contribution >= 0.6 is 0 Å². The molecule has 3 heteroatoms. The molecule has 0 amide bonds. The van der Waals surface area contributed by atoms with Crippen LogP contribution in [0.1, 0.15) is 5.56 Å². The van der Waals surface area contributed by atoms with E-state index in [1.165, 1.54) is 0 Å². The van der Waals surface area contributed by atoms with Gasteiger partial charge in [-0.3, -0.25) is 0 Å². The van der Waals surface area contributed by atoms with Crippen LogP contribution in [0.3, 0.4) is 0 Å². The minimum atomic E-state index is -0.342. The predicted octanol–water partition coefficient (Wildman–Crippen LogP) is 3.17. The summed E-state index contributed by atoms with van der Waals surface area (Å²) in [5.41, 5.74) is 1.76. The highest BCUT2D eigenvalue weighted by molar-refractivity contribution is 5.55. The third-order valence-electron chi connectivity index (χ3n) is 2.15. The van der Waals surface area contributed by atoms with E-state index in [4.69, 9.17) is 0 Å². The Morgan fingerprint density at radius 1 is 1.19 bits per heavy atom. The van der Waals surface area contributed by atoms with Gasteiger partial charge in [-0.25, -0.2) is 14.4 Å². The maximum atomic E-state index is 12.7. The molecule has 80 valence electrons. The summed E-state index contributed by atoms with van der Waals surface area (Å²) < 4.78 is 12.7. The summed E-state index contributed by atoms with van der Waals surface area (Å²) >= 11 is 0. The molecule has 0 saturated carbocycles. The van der Waals surface area contributed by atoms with Gasteiger partial charge in [0.05, 0.1) is 5.83 Å². The van der Waals surface area contributed by atoms with Crippen molar-refractivity contribution >= 4 is 0 Å². The van der Waals surface area contributed by atoms with Crippen LogP contribution in [-0.2, 0) is 6.42 Å². The van der Waals surface area contributed by atoms with Crippen LogP contribution < -0.4 is 0 Å². The zero-order valence-corrected chi connectivity index (χ0v) is 8.73. The summed E-state index contributed by atoms with van der Waals surface area (Å²) in [6.45, 7) is 3.25. The topological polar surface area (TPSA) is 25.8 Å². The summed E-state index contributed by atoms with van der Waals surface area (Å²) in [5.74, 6) is 0.306. The van der Waals surface area contributed by atoms with Gasteiger partial charge >= 0.3 is 0 Å². The van der Waals surface area contributed by atoms with E-state index in [1.54, 1.807) is 18.5 Å². The molecule has 1 heterocycles. The molecular weight excluding hydrogens is 203 g/mol. The molecule has 0 saturated heterocycles. The maximum absolute atomic E-state index is 12.7.